The highest BCUT2D eigenvalue weighted by Crippen LogP contribution is 2.59. The van der Waals surface area contributed by atoms with E-state index in [4.69, 9.17) is 9.47 Å². The second kappa shape index (κ2) is 15.0. The Morgan fingerprint density at radius 3 is 2.54 bits per heavy atom. The van der Waals surface area contributed by atoms with Gasteiger partial charge in [-0.05, 0) is 61.1 Å². The first kappa shape index (κ1) is 35.0. The van der Waals surface area contributed by atoms with E-state index < -0.39 is 60.2 Å². The molecule has 2 N–H and O–H groups in total. The van der Waals surface area contributed by atoms with Crippen molar-refractivity contribution in [2.75, 3.05) is 24.6 Å². The van der Waals surface area contributed by atoms with Crippen molar-refractivity contribution in [3.8, 4) is 0 Å². The Hall–Kier alpha value is -4.80. The van der Waals surface area contributed by atoms with Crippen molar-refractivity contribution in [2.45, 2.75) is 68.9 Å². The lowest BCUT2D eigenvalue weighted by molar-refractivity contribution is -0.159. The number of likely N-dealkylation sites (tertiary alicyclic amines) is 1. The van der Waals surface area contributed by atoms with Crippen LogP contribution in [0.25, 0.3) is 10.8 Å². The minimum absolute atomic E-state index is 0.114. The predicted molar refractivity (Wildman–Crippen MR) is 190 cm³/mol. The maximum absolute atomic E-state index is 15.1. The molecule has 3 fully saturated rings. The number of rotatable bonds is 15. The number of aliphatic hydroxyl groups is 1. The first-order chi connectivity index (χ1) is 24.2. The molecule has 3 aromatic carbocycles. The zero-order valence-electron chi connectivity index (χ0n) is 28.4. The highest BCUT2D eigenvalue weighted by molar-refractivity contribution is 6.05. The third-order valence-electron chi connectivity index (χ3n) is 10.3. The van der Waals surface area contributed by atoms with Gasteiger partial charge in [-0.3, -0.25) is 19.2 Å². The van der Waals surface area contributed by atoms with Gasteiger partial charge in [-0.1, -0.05) is 72.8 Å². The number of allylic oxidation sites excluding steroid dienone is 1. The van der Waals surface area contributed by atoms with Crippen LogP contribution < -0.4 is 10.2 Å². The molecule has 6 rings (SSSR count). The summed E-state index contributed by atoms with van der Waals surface area (Å²) in [6.07, 6.45) is 4.01. The molecule has 0 unspecified atom stereocenters. The molecule has 3 aliphatic rings. The van der Waals surface area contributed by atoms with Gasteiger partial charge in [0.25, 0.3) is 5.91 Å². The Morgan fingerprint density at radius 2 is 1.82 bits per heavy atom. The smallest absolute Gasteiger partial charge is 0.312 e. The molecule has 10 heteroatoms. The van der Waals surface area contributed by atoms with E-state index in [9.17, 15) is 19.5 Å². The largest absolute Gasteiger partial charge is 0.460 e. The van der Waals surface area contributed by atoms with Crippen LogP contribution in [0.15, 0.2) is 98.1 Å². The summed E-state index contributed by atoms with van der Waals surface area (Å²) in [5.74, 6) is -3.49. The highest BCUT2D eigenvalue weighted by atomic mass is 16.6. The fourth-order valence-corrected chi connectivity index (χ4v) is 8.01. The maximum Gasteiger partial charge on any atom is 0.312 e. The van der Waals surface area contributed by atoms with Gasteiger partial charge in [0.1, 0.15) is 17.7 Å². The number of nitrogens with zero attached hydrogens (tertiary/aromatic N) is 2. The van der Waals surface area contributed by atoms with E-state index in [0.717, 1.165) is 16.3 Å². The number of esters is 1. The number of benzene rings is 3. The molecule has 3 saturated heterocycles. The summed E-state index contributed by atoms with van der Waals surface area (Å²) in [4.78, 5) is 58.9. The molecule has 3 amide bonds. The van der Waals surface area contributed by atoms with Gasteiger partial charge in [-0.25, -0.2) is 0 Å². The van der Waals surface area contributed by atoms with Crippen molar-refractivity contribution in [2.24, 2.45) is 11.8 Å². The minimum Gasteiger partial charge on any atom is -0.460 e. The van der Waals surface area contributed by atoms with Gasteiger partial charge in [0, 0.05) is 18.7 Å². The zero-order chi connectivity index (χ0) is 35.4. The highest BCUT2D eigenvalue weighted by Gasteiger charge is 2.75. The summed E-state index contributed by atoms with van der Waals surface area (Å²) >= 11 is 0. The van der Waals surface area contributed by atoms with E-state index in [0.29, 0.717) is 31.4 Å². The van der Waals surface area contributed by atoms with E-state index in [1.807, 2.05) is 72.8 Å². The van der Waals surface area contributed by atoms with E-state index in [2.05, 4.69) is 18.5 Å². The summed E-state index contributed by atoms with van der Waals surface area (Å²) in [6.45, 7) is 9.12. The van der Waals surface area contributed by atoms with Gasteiger partial charge in [0.15, 0.2) is 0 Å². The number of ether oxygens (including phenoxy) is 2. The molecule has 3 aromatic rings. The molecule has 0 aliphatic carbocycles. The first-order valence-corrected chi connectivity index (χ1v) is 17.4. The second-order valence-corrected chi connectivity index (χ2v) is 13.5. The number of fused-ring (bicyclic) bond motifs is 2. The molecular formula is C40H45N3O7. The van der Waals surface area contributed by atoms with Crippen molar-refractivity contribution >= 4 is 40.2 Å². The fraction of sp³-hybridized carbons (Fsp3) is 0.400. The molecule has 0 radical (unpaired) electrons. The van der Waals surface area contributed by atoms with Gasteiger partial charge < -0.3 is 29.7 Å². The van der Waals surface area contributed by atoms with Crippen molar-refractivity contribution in [1.82, 2.24) is 10.2 Å². The van der Waals surface area contributed by atoms with Crippen LogP contribution in [0, 0.1) is 11.8 Å². The Labute approximate surface area is 292 Å². The standard InChI is InChI=1S/C40H45N3O7/c1-4-6-16-33(45)41-24-26(3)49-39(48)34-32-19-20-40(50-32)35(34)37(46)43(31(25-44)22-27-12-8-7-9-13-27)36(40)38(47)42(21-5-2)30-18-17-28-14-10-11-15-29(28)23-30/h4-5,7-15,17-18,23,26,31-32,34-36,44H,1-2,6,16,19-22,24-25H2,3H3,(H,41,45)/t26-,31+,32-,34+,35+,36-,40+/m0/s1. The second-order valence-electron chi connectivity index (χ2n) is 13.5. The zero-order valence-corrected chi connectivity index (χ0v) is 28.4. The van der Waals surface area contributed by atoms with E-state index in [1.54, 1.807) is 24.0 Å². The van der Waals surface area contributed by atoms with E-state index in [1.165, 1.54) is 4.90 Å². The van der Waals surface area contributed by atoms with Gasteiger partial charge in [0.05, 0.1) is 37.1 Å². The number of carbonyl (C=O) groups is 4. The lowest BCUT2D eigenvalue weighted by Gasteiger charge is -2.39. The fourth-order valence-electron chi connectivity index (χ4n) is 8.01. The maximum atomic E-state index is 15.1. The molecule has 1 spiro atoms. The number of anilines is 1. The summed E-state index contributed by atoms with van der Waals surface area (Å²) in [5.41, 5.74) is 0.227. The van der Waals surface area contributed by atoms with Crippen molar-refractivity contribution in [3.05, 3.63) is 104 Å². The van der Waals surface area contributed by atoms with Crippen molar-refractivity contribution in [3.63, 3.8) is 0 Å². The number of hydrogen-bond donors (Lipinski definition) is 2. The monoisotopic (exact) mass is 679 g/mol. The third-order valence-corrected chi connectivity index (χ3v) is 10.3. The molecular weight excluding hydrogens is 634 g/mol. The molecule has 0 aromatic heterocycles. The molecule has 3 aliphatic heterocycles. The Kier molecular flexibility index (Phi) is 10.5. The molecule has 2 bridgehead atoms. The number of hydrogen-bond acceptors (Lipinski definition) is 7. The SMILES string of the molecule is C=CCCC(=O)NC[C@H](C)OC(=O)[C@@H]1[C@@H]2CC[C@]3(O2)[C@H](C(=O)N(CC=C)c2ccc4ccccc4c2)N([C@@H](CO)Cc2ccccc2)C(=O)[C@@H]13. The minimum atomic E-state index is -1.30. The predicted octanol–water partition coefficient (Wildman–Crippen LogP) is 4.35. The average molecular weight is 680 g/mol. The van der Waals surface area contributed by atoms with Crippen LogP contribution in [0.4, 0.5) is 5.69 Å². The lowest BCUT2D eigenvalue weighted by atomic mass is 9.70. The van der Waals surface area contributed by atoms with Gasteiger partial charge in [-0.2, -0.15) is 0 Å². The average Bonchev–Trinajstić information content (AvgIpc) is 3.78. The Balaban J connectivity index is 1.34. The quantitative estimate of drug-likeness (QED) is 0.181. The normalized spacial score (nSPS) is 24.8. The molecule has 50 heavy (non-hydrogen) atoms. The molecule has 0 saturated carbocycles. The summed E-state index contributed by atoms with van der Waals surface area (Å²) in [5, 5.41) is 15.6. The van der Waals surface area contributed by atoms with Gasteiger partial charge in [0.2, 0.25) is 11.8 Å². The van der Waals surface area contributed by atoms with Crippen LogP contribution >= 0.6 is 0 Å². The van der Waals surface area contributed by atoms with E-state index in [-0.39, 0.29) is 31.3 Å². The van der Waals surface area contributed by atoms with Crippen LogP contribution in [0.2, 0.25) is 0 Å². The first-order valence-electron chi connectivity index (χ1n) is 17.4. The molecule has 3 heterocycles. The van der Waals surface area contributed by atoms with Gasteiger partial charge in [-0.15, -0.1) is 13.2 Å². The number of amides is 3. The van der Waals surface area contributed by atoms with Crippen molar-refractivity contribution in [1.29, 1.82) is 0 Å². The topological polar surface area (TPSA) is 125 Å². The molecule has 10 nitrogen and oxygen atoms in total. The van der Waals surface area contributed by atoms with E-state index >= 15 is 4.79 Å². The summed E-state index contributed by atoms with van der Waals surface area (Å²) in [6, 6.07) is 21.2. The van der Waals surface area contributed by atoms with Crippen LogP contribution in [0.1, 0.15) is 38.2 Å². The lowest BCUT2D eigenvalue weighted by Crippen LogP contribution is -2.59. The van der Waals surface area contributed by atoms with Crippen molar-refractivity contribution < 1.29 is 33.8 Å². The number of aliphatic hydroxyl groups excluding tert-OH is 1. The molecule has 7 atom stereocenters. The van der Waals surface area contributed by atoms with Crippen LogP contribution in [0.3, 0.4) is 0 Å². The number of nitrogens with one attached hydrogen (secondary N) is 1. The Morgan fingerprint density at radius 1 is 1.08 bits per heavy atom. The molecule has 262 valence electrons. The Bertz CT molecular complexity index is 1760. The third kappa shape index (κ3) is 6.57. The summed E-state index contributed by atoms with van der Waals surface area (Å²) in [7, 11) is 0. The van der Waals surface area contributed by atoms with Crippen LogP contribution in [-0.4, -0.2) is 83.3 Å². The summed E-state index contributed by atoms with van der Waals surface area (Å²) < 4.78 is 12.5. The number of carbonyl (C=O) groups excluding carboxylic acids is 4. The van der Waals surface area contributed by atoms with Gasteiger partial charge >= 0.3 is 5.97 Å². The van der Waals surface area contributed by atoms with Crippen LogP contribution in [0.5, 0.6) is 0 Å². The van der Waals surface area contributed by atoms with Crippen LogP contribution in [-0.2, 0) is 35.1 Å².